The molecule has 0 aliphatic carbocycles. The molecule has 0 saturated heterocycles. The molecule has 6 heteroatoms. The lowest BCUT2D eigenvalue weighted by atomic mass is 10.3. The first-order valence-electron chi connectivity index (χ1n) is 6.15. The summed E-state index contributed by atoms with van der Waals surface area (Å²) in [6.45, 7) is 7.62. The molecule has 0 fully saturated rings. The number of nitrogens with one attached hydrogen (secondary N) is 2. The van der Waals surface area contributed by atoms with Crippen molar-refractivity contribution in [3.63, 3.8) is 0 Å². The summed E-state index contributed by atoms with van der Waals surface area (Å²) in [5.41, 5.74) is 2.78. The molecule has 1 aromatic rings. The Morgan fingerprint density at radius 3 is 2.72 bits per heavy atom. The standard InChI is InChI=1S/C12H21N5O/c1-3-17(4-2)9-8-14-12(18)10-6-5-7-11(15-10)16-13/h5-7H,3-4,8-9,13H2,1-2H3,(H,14,18)(H,15,16). The third kappa shape index (κ3) is 4.31. The summed E-state index contributed by atoms with van der Waals surface area (Å²) < 4.78 is 0. The molecule has 0 bridgehead atoms. The number of nitrogen functional groups attached to an aromatic ring is 1. The number of hydrogen-bond donors (Lipinski definition) is 3. The Balaban J connectivity index is 2.45. The van der Waals surface area contributed by atoms with Crippen molar-refractivity contribution < 1.29 is 4.79 Å². The molecule has 6 nitrogen and oxygen atoms in total. The minimum absolute atomic E-state index is 0.181. The summed E-state index contributed by atoms with van der Waals surface area (Å²) in [5.74, 6) is 5.54. The highest BCUT2D eigenvalue weighted by Gasteiger charge is 2.07. The summed E-state index contributed by atoms with van der Waals surface area (Å²) in [6, 6.07) is 5.10. The summed E-state index contributed by atoms with van der Waals surface area (Å²) >= 11 is 0. The van der Waals surface area contributed by atoms with E-state index in [1.54, 1.807) is 18.2 Å². The predicted molar refractivity (Wildman–Crippen MR) is 72.2 cm³/mol. The highest BCUT2D eigenvalue weighted by atomic mass is 16.1. The van der Waals surface area contributed by atoms with Crippen molar-refractivity contribution in [2.24, 2.45) is 5.84 Å². The Hall–Kier alpha value is -1.66. The van der Waals surface area contributed by atoms with Gasteiger partial charge in [-0.2, -0.15) is 0 Å². The Morgan fingerprint density at radius 1 is 1.39 bits per heavy atom. The monoisotopic (exact) mass is 251 g/mol. The van der Waals surface area contributed by atoms with E-state index in [4.69, 9.17) is 5.84 Å². The zero-order valence-corrected chi connectivity index (χ0v) is 10.9. The maximum atomic E-state index is 11.8. The number of nitrogens with zero attached hydrogens (tertiary/aromatic N) is 2. The van der Waals surface area contributed by atoms with Crippen molar-refractivity contribution in [3.05, 3.63) is 23.9 Å². The molecule has 18 heavy (non-hydrogen) atoms. The average Bonchev–Trinajstić information content (AvgIpc) is 2.43. The fourth-order valence-corrected chi connectivity index (χ4v) is 1.60. The predicted octanol–water partition coefficient (Wildman–Crippen LogP) is 0.439. The quantitative estimate of drug-likeness (QED) is 0.484. The van der Waals surface area contributed by atoms with Crippen LogP contribution in [0.5, 0.6) is 0 Å². The number of carbonyl (C=O) groups excluding carboxylic acids is 1. The van der Waals surface area contributed by atoms with Gasteiger partial charge in [0.1, 0.15) is 11.5 Å². The maximum absolute atomic E-state index is 11.8. The van der Waals surface area contributed by atoms with E-state index in [0.29, 0.717) is 18.1 Å². The van der Waals surface area contributed by atoms with Crippen LogP contribution in [0.3, 0.4) is 0 Å². The van der Waals surface area contributed by atoms with Crippen LogP contribution in [-0.2, 0) is 0 Å². The lowest BCUT2D eigenvalue weighted by molar-refractivity contribution is 0.0944. The van der Waals surface area contributed by atoms with E-state index < -0.39 is 0 Å². The first-order chi connectivity index (χ1) is 8.71. The molecule has 0 atom stereocenters. The van der Waals surface area contributed by atoms with Gasteiger partial charge in [-0.05, 0) is 25.2 Å². The summed E-state index contributed by atoms with van der Waals surface area (Å²) in [4.78, 5) is 18.1. The molecule has 0 aliphatic rings. The van der Waals surface area contributed by atoms with Crippen molar-refractivity contribution in [3.8, 4) is 0 Å². The number of amides is 1. The second-order valence-corrected chi connectivity index (χ2v) is 3.84. The van der Waals surface area contributed by atoms with Crippen LogP contribution >= 0.6 is 0 Å². The van der Waals surface area contributed by atoms with E-state index in [1.165, 1.54) is 0 Å². The van der Waals surface area contributed by atoms with E-state index in [0.717, 1.165) is 19.6 Å². The lowest BCUT2D eigenvalue weighted by Gasteiger charge is -2.17. The number of pyridine rings is 1. The third-order valence-electron chi connectivity index (χ3n) is 2.74. The van der Waals surface area contributed by atoms with Crippen LogP contribution < -0.4 is 16.6 Å². The van der Waals surface area contributed by atoms with E-state index in [2.05, 4.69) is 34.5 Å². The molecule has 0 unspecified atom stereocenters. The van der Waals surface area contributed by atoms with E-state index in [9.17, 15) is 4.79 Å². The number of nitrogens with two attached hydrogens (primary N) is 1. The van der Waals surface area contributed by atoms with Crippen molar-refractivity contribution in [1.29, 1.82) is 0 Å². The van der Waals surface area contributed by atoms with Crippen LogP contribution in [0.25, 0.3) is 0 Å². The Labute approximate surface area is 108 Å². The smallest absolute Gasteiger partial charge is 0.270 e. The normalized spacial score (nSPS) is 10.4. The van der Waals surface area contributed by atoms with Gasteiger partial charge >= 0.3 is 0 Å². The zero-order chi connectivity index (χ0) is 13.4. The second kappa shape index (κ2) is 7.62. The fourth-order valence-electron chi connectivity index (χ4n) is 1.60. The minimum Gasteiger partial charge on any atom is -0.349 e. The summed E-state index contributed by atoms with van der Waals surface area (Å²) in [6.07, 6.45) is 0. The van der Waals surface area contributed by atoms with E-state index in [1.807, 2.05) is 0 Å². The molecule has 0 saturated carbocycles. The number of carbonyl (C=O) groups is 1. The van der Waals surface area contributed by atoms with Crippen molar-refractivity contribution in [1.82, 2.24) is 15.2 Å². The van der Waals surface area contributed by atoms with Gasteiger partial charge < -0.3 is 15.6 Å². The van der Waals surface area contributed by atoms with Gasteiger partial charge in [0.05, 0.1) is 0 Å². The van der Waals surface area contributed by atoms with Gasteiger partial charge in [-0.15, -0.1) is 0 Å². The molecule has 0 spiro atoms. The van der Waals surface area contributed by atoms with Gasteiger partial charge in [-0.25, -0.2) is 10.8 Å². The van der Waals surface area contributed by atoms with Gasteiger partial charge in [0.2, 0.25) is 0 Å². The number of rotatable bonds is 7. The molecule has 1 heterocycles. The molecule has 0 radical (unpaired) electrons. The molecule has 1 aromatic heterocycles. The topological polar surface area (TPSA) is 83.3 Å². The minimum atomic E-state index is -0.181. The van der Waals surface area contributed by atoms with Crippen LogP contribution in [0.4, 0.5) is 5.82 Å². The number of likely N-dealkylation sites (N-methyl/N-ethyl adjacent to an activating group) is 1. The number of hydrazine groups is 1. The van der Waals surface area contributed by atoms with Crippen LogP contribution in [0, 0.1) is 0 Å². The molecule has 0 aromatic carbocycles. The zero-order valence-electron chi connectivity index (χ0n) is 10.9. The fraction of sp³-hybridized carbons (Fsp3) is 0.500. The molecule has 1 amide bonds. The van der Waals surface area contributed by atoms with Gasteiger partial charge in [0, 0.05) is 13.1 Å². The lowest BCUT2D eigenvalue weighted by Crippen LogP contribution is -2.35. The molecule has 100 valence electrons. The van der Waals surface area contributed by atoms with Crippen LogP contribution in [0.2, 0.25) is 0 Å². The maximum Gasteiger partial charge on any atom is 0.270 e. The largest absolute Gasteiger partial charge is 0.349 e. The number of anilines is 1. The summed E-state index contributed by atoms with van der Waals surface area (Å²) in [5, 5.41) is 2.84. The van der Waals surface area contributed by atoms with Crippen molar-refractivity contribution in [2.75, 3.05) is 31.6 Å². The molecule has 0 aliphatic heterocycles. The summed E-state index contributed by atoms with van der Waals surface area (Å²) in [7, 11) is 0. The highest BCUT2D eigenvalue weighted by molar-refractivity contribution is 5.92. The van der Waals surface area contributed by atoms with Crippen molar-refractivity contribution in [2.45, 2.75) is 13.8 Å². The van der Waals surface area contributed by atoms with Gasteiger partial charge in [0.15, 0.2) is 0 Å². The van der Waals surface area contributed by atoms with E-state index >= 15 is 0 Å². The number of hydrogen-bond acceptors (Lipinski definition) is 5. The second-order valence-electron chi connectivity index (χ2n) is 3.84. The highest BCUT2D eigenvalue weighted by Crippen LogP contribution is 2.02. The first kappa shape index (κ1) is 14.4. The van der Waals surface area contributed by atoms with Crippen LogP contribution in [0.1, 0.15) is 24.3 Å². The molecular formula is C12H21N5O. The van der Waals surface area contributed by atoms with Gasteiger partial charge in [-0.3, -0.25) is 4.79 Å². The average molecular weight is 251 g/mol. The van der Waals surface area contributed by atoms with E-state index in [-0.39, 0.29) is 5.91 Å². The Bertz CT molecular complexity index is 378. The molecule has 1 rings (SSSR count). The van der Waals surface area contributed by atoms with Crippen LogP contribution in [0.15, 0.2) is 18.2 Å². The molecule has 4 N–H and O–H groups in total. The molecular weight excluding hydrogens is 230 g/mol. The first-order valence-corrected chi connectivity index (χ1v) is 6.15. The SMILES string of the molecule is CCN(CC)CCNC(=O)c1cccc(NN)n1. The van der Waals surface area contributed by atoms with Crippen molar-refractivity contribution >= 4 is 11.7 Å². The van der Waals surface area contributed by atoms with Crippen LogP contribution in [-0.4, -0.2) is 42.0 Å². The Morgan fingerprint density at radius 2 is 2.11 bits per heavy atom. The number of aromatic nitrogens is 1. The Kier molecular flexibility index (Phi) is 6.10. The third-order valence-corrected chi connectivity index (χ3v) is 2.74. The van der Waals surface area contributed by atoms with Gasteiger partial charge in [0.25, 0.3) is 5.91 Å². The van der Waals surface area contributed by atoms with Gasteiger partial charge in [-0.1, -0.05) is 19.9 Å².